The Hall–Kier alpha value is -2.29. The summed E-state index contributed by atoms with van der Waals surface area (Å²) in [7, 11) is 1.80. The van der Waals surface area contributed by atoms with Gasteiger partial charge in [-0.1, -0.05) is 61.5 Å². The molecule has 0 spiro atoms. The topological polar surface area (TPSA) is 104 Å². The van der Waals surface area contributed by atoms with Gasteiger partial charge in [-0.15, -0.1) is 0 Å². The molecule has 0 radical (unpaired) electrons. The smallest absolute Gasteiger partial charge is 0.330 e. The van der Waals surface area contributed by atoms with Crippen molar-refractivity contribution in [3.05, 3.63) is 54.6 Å². The van der Waals surface area contributed by atoms with Crippen molar-refractivity contribution in [2.24, 2.45) is 0 Å². The third-order valence-corrected chi connectivity index (χ3v) is 6.88. The molecule has 1 aliphatic carbocycles. The highest BCUT2D eigenvalue weighted by atomic mass is 35.5. The molecule has 3 N–H and O–H groups in total. The maximum atomic E-state index is 13.5. The number of nitrogens with two attached hydrogens (primary N) is 1. The zero-order chi connectivity index (χ0) is 24.1. The van der Waals surface area contributed by atoms with Gasteiger partial charge >= 0.3 is 5.69 Å². The second-order valence-corrected chi connectivity index (χ2v) is 9.37. The third kappa shape index (κ3) is 5.80. The van der Waals surface area contributed by atoms with Gasteiger partial charge in [0.1, 0.15) is 5.82 Å². The Labute approximate surface area is 203 Å². The molecule has 0 bridgehead atoms. The molecule has 2 aromatic rings. The quantitative estimate of drug-likeness (QED) is 0.552. The number of hydrogen-bond donors (Lipinski definition) is 2. The molecule has 10 heteroatoms. The molecule has 1 amide bonds. The first-order chi connectivity index (χ1) is 15.7. The fourth-order valence-electron chi connectivity index (χ4n) is 4.35. The number of carbonyl (C=O) groups excluding carboxylic acids is 1. The Morgan fingerprint density at radius 1 is 1.24 bits per heavy atom. The first-order valence-electron chi connectivity index (χ1n) is 11.3. The van der Waals surface area contributed by atoms with Crippen molar-refractivity contribution in [3.8, 4) is 0 Å². The number of likely N-dealkylation sites (N-methyl/N-ethyl adjacent to an activating group) is 1. The highest BCUT2D eigenvalue weighted by Gasteiger charge is 2.33. The first kappa shape index (κ1) is 25.3. The Bertz CT molecular complexity index is 1110. The van der Waals surface area contributed by atoms with Crippen LogP contribution in [0.15, 0.2) is 27.8 Å². The Morgan fingerprint density at radius 3 is 2.61 bits per heavy atom. The third-order valence-electron chi connectivity index (χ3n) is 6.03. The van der Waals surface area contributed by atoms with E-state index in [2.05, 4.69) is 4.98 Å². The molecule has 0 aliphatic heterocycles. The monoisotopic (exact) mass is 495 g/mol. The fourth-order valence-corrected chi connectivity index (χ4v) is 4.73. The zero-order valence-electron chi connectivity index (χ0n) is 19.1. The molecule has 8 nitrogen and oxygen atoms in total. The number of rotatable bonds is 9. The number of nitrogens with one attached hydrogen (secondary N) is 1. The normalized spacial score (nSPS) is 14.2. The number of nitrogen functional groups attached to an aromatic ring is 1. The van der Waals surface area contributed by atoms with Gasteiger partial charge in [0.2, 0.25) is 5.91 Å². The summed E-state index contributed by atoms with van der Waals surface area (Å²) in [6, 6.07) is 5.24. The molecule has 1 aromatic carbocycles. The van der Waals surface area contributed by atoms with Gasteiger partial charge in [-0.3, -0.25) is 24.0 Å². The number of H-pyrrole nitrogens is 1. The van der Waals surface area contributed by atoms with Crippen molar-refractivity contribution in [1.29, 1.82) is 0 Å². The number of halogens is 2. The summed E-state index contributed by atoms with van der Waals surface area (Å²) in [5.41, 5.74) is 6.01. The summed E-state index contributed by atoms with van der Waals surface area (Å²) in [5.74, 6) is -0.210. The SMILES string of the molecule is CCCCn1c(N)c(N(C(=O)CN(C)Cc2cccc(Cl)c2Cl)C2CCCC2)c(=O)[nH]c1=O. The molecular formula is C23H31Cl2N5O3. The summed E-state index contributed by atoms with van der Waals surface area (Å²) in [6.07, 6.45) is 5.09. The van der Waals surface area contributed by atoms with Crippen LogP contribution < -0.4 is 21.9 Å². The van der Waals surface area contributed by atoms with E-state index in [1.54, 1.807) is 13.1 Å². The Kier molecular flexibility index (Phi) is 8.62. The molecule has 1 saturated carbocycles. The van der Waals surface area contributed by atoms with Crippen molar-refractivity contribution < 1.29 is 4.79 Å². The summed E-state index contributed by atoms with van der Waals surface area (Å²) < 4.78 is 1.35. The molecule has 33 heavy (non-hydrogen) atoms. The van der Waals surface area contributed by atoms with E-state index >= 15 is 0 Å². The molecule has 1 heterocycles. The van der Waals surface area contributed by atoms with Gasteiger partial charge in [-0.2, -0.15) is 0 Å². The minimum Gasteiger partial charge on any atom is -0.383 e. The van der Waals surface area contributed by atoms with Gasteiger partial charge in [-0.25, -0.2) is 4.79 Å². The molecule has 1 aliphatic rings. The minimum absolute atomic E-state index is 0.0398. The summed E-state index contributed by atoms with van der Waals surface area (Å²) >= 11 is 12.4. The maximum Gasteiger partial charge on any atom is 0.330 e. The number of nitrogens with zero attached hydrogens (tertiary/aromatic N) is 3. The lowest BCUT2D eigenvalue weighted by atomic mass is 10.1. The number of amides is 1. The number of unbranched alkanes of at least 4 members (excludes halogenated alkanes) is 1. The molecule has 3 rings (SSSR count). The molecule has 0 atom stereocenters. The number of aromatic amines is 1. The van der Waals surface area contributed by atoms with Crippen LogP contribution in [-0.4, -0.2) is 40.0 Å². The van der Waals surface area contributed by atoms with Gasteiger partial charge in [0.25, 0.3) is 5.56 Å². The van der Waals surface area contributed by atoms with Crippen LogP contribution in [0.4, 0.5) is 11.5 Å². The van der Waals surface area contributed by atoms with E-state index in [1.165, 1.54) is 9.47 Å². The van der Waals surface area contributed by atoms with Crippen LogP contribution in [0, 0.1) is 0 Å². The fraction of sp³-hybridized carbons (Fsp3) is 0.522. The van der Waals surface area contributed by atoms with Gasteiger partial charge in [0, 0.05) is 19.1 Å². The van der Waals surface area contributed by atoms with E-state index in [9.17, 15) is 14.4 Å². The molecule has 1 aromatic heterocycles. The van der Waals surface area contributed by atoms with Gasteiger partial charge in [-0.05, 0) is 37.9 Å². The van der Waals surface area contributed by atoms with Crippen LogP contribution in [0.2, 0.25) is 10.0 Å². The van der Waals surface area contributed by atoms with E-state index in [0.717, 1.165) is 44.1 Å². The number of carbonyl (C=O) groups is 1. The molecule has 0 unspecified atom stereocenters. The van der Waals surface area contributed by atoms with E-state index in [0.29, 0.717) is 23.1 Å². The van der Waals surface area contributed by atoms with Gasteiger partial charge in [0.05, 0.1) is 16.6 Å². The molecule has 180 valence electrons. The summed E-state index contributed by atoms with van der Waals surface area (Å²) in [4.78, 5) is 44.4. The Balaban J connectivity index is 1.92. The van der Waals surface area contributed by atoms with Crippen LogP contribution in [0.3, 0.4) is 0 Å². The van der Waals surface area contributed by atoms with Crippen LogP contribution in [-0.2, 0) is 17.9 Å². The van der Waals surface area contributed by atoms with Crippen molar-refractivity contribution in [2.45, 2.75) is 64.6 Å². The second-order valence-electron chi connectivity index (χ2n) is 8.59. The summed E-state index contributed by atoms with van der Waals surface area (Å²) in [6.45, 7) is 2.84. The van der Waals surface area contributed by atoms with Crippen LogP contribution in [0.1, 0.15) is 51.0 Å². The predicted octanol–water partition coefficient (Wildman–Crippen LogP) is 3.63. The predicted molar refractivity (Wildman–Crippen MR) is 133 cm³/mol. The van der Waals surface area contributed by atoms with E-state index in [4.69, 9.17) is 28.9 Å². The molecule has 1 fully saturated rings. The van der Waals surface area contributed by atoms with Crippen molar-refractivity contribution in [2.75, 3.05) is 24.2 Å². The van der Waals surface area contributed by atoms with Crippen molar-refractivity contribution in [1.82, 2.24) is 14.5 Å². The van der Waals surface area contributed by atoms with Crippen molar-refractivity contribution >= 4 is 40.6 Å². The summed E-state index contributed by atoms with van der Waals surface area (Å²) in [5, 5.41) is 0.907. The lowest BCUT2D eigenvalue weighted by Gasteiger charge is -2.31. The first-order valence-corrected chi connectivity index (χ1v) is 12.1. The average Bonchev–Trinajstić information content (AvgIpc) is 3.28. The van der Waals surface area contributed by atoms with E-state index in [-0.39, 0.29) is 30.0 Å². The van der Waals surface area contributed by atoms with Crippen LogP contribution in [0.5, 0.6) is 0 Å². The Morgan fingerprint density at radius 2 is 1.94 bits per heavy atom. The van der Waals surface area contributed by atoms with Crippen LogP contribution in [0.25, 0.3) is 0 Å². The minimum atomic E-state index is -0.633. The highest BCUT2D eigenvalue weighted by molar-refractivity contribution is 6.42. The number of benzene rings is 1. The van der Waals surface area contributed by atoms with Crippen LogP contribution >= 0.6 is 23.2 Å². The van der Waals surface area contributed by atoms with Gasteiger partial charge in [0.15, 0.2) is 5.69 Å². The zero-order valence-corrected chi connectivity index (χ0v) is 20.6. The van der Waals surface area contributed by atoms with Crippen molar-refractivity contribution in [3.63, 3.8) is 0 Å². The average molecular weight is 496 g/mol. The highest BCUT2D eigenvalue weighted by Crippen LogP contribution is 2.30. The van der Waals surface area contributed by atoms with E-state index in [1.807, 2.05) is 24.0 Å². The number of anilines is 2. The maximum absolute atomic E-state index is 13.5. The number of hydrogen-bond acceptors (Lipinski definition) is 5. The lowest BCUT2D eigenvalue weighted by molar-refractivity contribution is -0.120. The van der Waals surface area contributed by atoms with E-state index < -0.39 is 11.2 Å². The standard InChI is InChI=1S/C23H31Cl2N5O3/c1-3-4-12-29-21(26)20(22(32)27-23(29)33)30(16-9-5-6-10-16)18(31)14-28(2)13-15-8-7-11-17(24)19(15)25/h7-8,11,16H,3-6,9-10,12-14,26H2,1-2H3,(H,27,32,33). The second kappa shape index (κ2) is 11.2. The largest absolute Gasteiger partial charge is 0.383 e. The molecule has 0 saturated heterocycles. The van der Waals surface area contributed by atoms with Gasteiger partial charge < -0.3 is 10.6 Å². The number of aromatic nitrogens is 2. The molecular weight excluding hydrogens is 465 g/mol. The lowest BCUT2D eigenvalue weighted by Crippen LogP contribution is -2.48.